The quantitative estimate of drug-likeness (QED) is 0.685. The predicted octanol–water partition coefficient (Wildman–Crippen LogP) is 3.42. The molecule has 0 saturated carbocycles. The smallest absolute Gasteiger partial charge is 0.156 e. The fraction of sp³-hybridized carbons (Fsp3) is 0.412. The van der Waals surface area contributed by atoms with Gasteiger partial charge < -0.3 is 9.47 Å². The summed E-state index contributed by atoms with van der Waals surface area (Å²) in [7, 11) is 2.12. The number of nitrogens with zero attached hydrogens (tertiary/aromatic N) is 4. The van der Waals surface area contributed by atoms with E-state index in [-0.39, 0.29) is 0 Å². The number of piperidine rings is 1. The van der Waals surface area contributed by atoms with E-state index < -0.39 is 0 Å². The van der Waals surface area contributed by atoms with Gasteiger partial charge in [-0.2, -0.15) is 0 Å². The lowest BCUT2D eigenvalue weighted by molar-refractivity contribution is 0.574. The van der Waals surface area contributed by atoms with Gasteiger partial charge in [-0.05, 0) is 38.3 Å². The van der Waals surface area contributed by atoms with Gasteiger partial charge in [-0.3, -0.25) is 0 Å². The van der Waals surface area contributed by atoms with Crippen LogP contribution in [-0.2, 0) is 7.05 Å². The molecule has 0 spiro atoms. The summed E-state index contributed by atoms with van der Waals surface area (Å²) in [6.45, 7) is 4.34. The number of fused-ring (bicyclic) bond motifs is 3. The molecule has 1 saturated heterocycles. The van der Waals surface area contributed by atoms with Crippen molar-refractivity contribution in [1.82, 2.24) is 14.5 Å². The highest BCUT2D eigenvalue weighted by molar-refractivity contribution is 6.09. The molecule has 0 amide bonds. The Bertz CT molecular complexity index is 812. The molecule has 1 fully saturated rings. The fourth-order valence-corrected chi connectivity index (χ4v) is 3.47. The van der Waals surface area contributed by atoms with E-state index in [1.807, 2.05) is 0 Å². The zero-order valence-corrected chi connectivity index (χ0v) is 12.6. The minimum Gasteiger partial charge on any atom is -0.355 e. The molecule has 1 aliphatic rings. The molecule has 1 aromatic carbocycles. The maximum absolute atomic E-state index is 4.60. The summed E-state index contributed by atoms with van der Waals surface area (Å²) < 4.78 is 2.24. The highest BCUT2D eigenvalue weighted by atomic mass is 15.2. The molecule has 0 N–H and O–H groups in total. The summed E-state index contributed by atoms with van der Waals surface area (Å²) in [5.41, 5.74) is 4.74. The molecule has 3 aromatic rings. The van der Waals surface area contributed by atoms with E-state index in [0.29, 0.717) is 0 Å². The molecule has 3 heterocycles. The molecular weight excluding hydrogens is 260 g/mol. The average Bonchev–Trinajstić information content (AvgIpc) is 2.81. The third kappa shape index (κ3) is 1.89. The number of aromatic nitrogens is 3. The van der Waals surface area contributed by atoms with Crippen molar-refractivity contribution >= 4 is 27.8 Å². The molecule has 2 aromatic heterocycles. The second kappa shape index (κ2) is 4.72. The van der Waals surface area contributed by atoms with Crippen molar-refractivity contribution in [2.75, 3.05) is 18.0 Å². The zero-order chi connectivity index (χ0) is 14.4. The maximum atomic E-state index is 4.60. The summed E-state index contributed by atoms with van der Waals surface area (Å²) in [6.07, 6.45) is 5.57. The van der Waals surface area contributed by atoms with Gasteiger partial charge in [-0.15, -0.1) is 0 Å². The maximum Gasteiger partial charge on any atom is 0.156 e. The highest BCUT2D eigenvalue weighted by Crippen LogP contribution is 2.33. The summed E-state index contributed by atoms with van der Waals surface area (Å²) >= 11 is 0. The van der Waals surface area contributed by atoms with Gasteiger partial charge in [-0.25, -0.2) is 9.97 Å². The third-order valence-corrected chi connectivity index (χ3v) is 4.56. The Kier molecular flexibility index (Phi) is 2.84. The molecule has 0 aliphatic carbocycles. The second-order valence-corrected chi connectivity index (χ2v) is 6.02. The van der Waals surface area contributed by atoms with Crippen molar-refractivity contribution in [2.24, 2.45) is 7.05 Å². The normalized spacial score (nSPS) is 16.0. The van der Waals surface area contributed by atoms with Crippen LogP contribution < -0.4 is 4.90 Å². The van der Waals surface area contributed by atoms with Crippen molar-refractivity contribution < 1.29 is 0 Å². The summed E-state index contributed by atoms with van der Waals surface area (Å²) in [6, 6.07) is 6.58. The van der Waals surface area contributed by atoms with Crippen LogP contribution in [0.1, 0.15) is 24.8 Å². The van der Waals surface area contributed by atoms with E-state index in [1.54, 1.807) is 6.33 Å². The lowest BCUT2D eigenvalue weighted by atomic mass is 10.1. The Morgan fingerprint density at radius 2 is 1.86 bits per heavy atom. The van der Waals surface area contributed by atoms with Crippen LogP contribution in [0.25, 0.3) is 21.9 Å². The van der Waals surface area contributed by atoms with Gasteiger partial charge in [0.05, 0.1) is 5.52 Å². The fourth-order valence-electron chi connectivity index (χ4n) is 3.47. The molecule has 0 unspecified atom stereocenters. The summed E-state index contributed by atoms with van der Waals surface area (Å²) in [5, 5.41) is 1.23. The molecular formula is C17H20N4. The highest BCUT2D eigenvalue weighted by Gasteiger charge is 2.19. The Balaban J connectivity index is 2.02. The van der Waals surface area contributed by atoms with Crippen molar-refractivity contribution in [3.63, 3.8) is 0 Å². The van der Waals surface area contributed by atoms with Gasteiger partial charge in [0.1, 0.15) is 17.4 Å². The lowest BCUT2D eigenvalue weighted by Gasteiger charge is -2.28. The van der Waals surface area contributed by atoms with Crippen LogP contribution in [0.2, 0.25) is 0 Å². The number of anilines is 1. The number of hydrogen-bond donors (Lipinski definition) is 0. The van der Waals surface area contributed by atoms with Crippen LogP contribution in [0.3, 0.4) is 0 Å². The first-order valence-corrected chi connectivity index (χ1v) is 7.70. The van der Waals surface area contributed by atoms with Gasteiger partial charge >= 0.3 is 0 Å². The molecule has 0 bridgehead atoms. The lowest BCUT2D eigenvalue weighted by Crippen LogP contribution is -2.30. The van der Waals surface area contributed by atoms with E-state index in [0.717, 1.165) is 24.4 Å². The first kappa shape index (κ1) is 12.6. The van der Waals surface area contributed by atoms with Crippen molar-refractivity contribution in [3.05, 3.63) is 30.1 Å². The van der Waals surface area contributed by atoms with Gasteiger partial charge in [0.2, 0.25) is 0 Å². The monoisotopic (exact) mass is 280 g/mol. The van der Waals surface area contributed by atoms with E-state index in [4.69, 9.17) is 0 Å². The molecule has 0 atom stereocenters. The summed E-state index contributed by atoms with van der Waals surface area (Å²) in [4.78, 5) is 11.6. The topological polar surface area (TPSA) is 34.0 Å². The van der Waals surface area contributed by atoms with Gasteiger partial charge in [-0.1, -0.05) is 11.6 Å². The van der Waals surface area contributed by atoms with Crippen LogP contribution in [0.15, 0.2) is 24.5 Å². The molecule has 4 rings (SSSR count). The predicted molar refractivity (Wildman–Crippen MR) is 86.8 cm³/mol. The van der Waals surface area contributed by atoms with Gasteiger partial charge in [0, 0.05) is 25.5 Å². The number of aryl methyl sites for hydroxylation is 2. The van der Waals surface area contributed by atoms with Crippen LogP contribution in [-0.4, -0.2) is 27.6 Å². The van der Waals surface area contributed by atoms with Gasteiger partial charge in [0.15, 0.2) is 5.82 Å². The van der Waals surface area contributed by atoms with Crippen molar-refractivity contribution in [3.8, 4) is 0 Å². The first-order chi connectivity index (χ1) is 10.3. The van der Waals surface area contributed by atoms with Crippen molar-refractivity contribution in [2.45, 2.75) is 26.2 Å². The molecule has 4 heteroatoms. The van der Waals surface area contributed by atoms with E-state index in [2.05, 4.69) is 51.6 Å². The number of rotatable bonds is 1. The van der Waals surface area contributed by atoms with E-state index >= 15 is 0 Å². The standard InChI is InChI=1S/C17H20N4/c1-12-6-7-14-13(10-12)15-16(20(14)2)17(19-11-18-15)21-8-4-3-5-9-21/h6-7,10-11H,3-5,8-9H2,1-2H3. The molecule has 4 nitrogen and oxygen atoms in total. The number of hydrogen-bond acceptors (Lipinski definition) is 3. The Morgan fingerprint density at radius 3 is 2.67 bits per heavy atom. The van der Waals surface area contributed by atoms with Crippen LogP contribution in [0, 0.1) is 6.92 Å². The minimum absolute atomic E-state index is 1.08. The third-order valence-electron chi connectivity index (χ3n) is 4.56. The molecule has 108 valence electrons. The molecule has 1 aliphatic heterocycles. The van der Waals surface area contributed by atoms with Crippen LogP contribution in [0.4, 0.5) is 5.82 Å². The Morgan fingerprint density at radius 1 is 1.05 bits per heavy atom. The molecule has 21 heavy (non-hydrogen) atoms. The molecule has 0 radical (unpaired) electrons. The van der Waals surface area contributed by atoms with E-state index in [1.165, 1.54) is 41.2 Å². The van der Waals surface area contributed by atoms with E-state index in [9.17, 15) is 0 Å². The largest absolute Gasteiger partial charge is 0.355 e. The van der Waals surface area contributed by atoms with Crippen LogP contribution in [0.5, 0.6) is 0 Å². The Labute approximate surface area is 124 Å². The van der Waals surface area contributed by atoms with Crippen molar-refractivity contribution in [1.29, 1.82) is 0 Å². The second-order valence-electron chi connectivity index (χ2n) is 6.02. The zero-order valence-electron chi connectivity index (χ0n) is 12.6. The minimum atomic E-state index is 1.08. The van der Waals surface area contributed by atoms with Crippen LogP contribution >= 0.6 is 0 Å². The SMILES string of the molecule is Cc1ccc2c(c1)c1ncnc(N3CCCCC3)c1n2C. The summed E-state index contributed by atoms with van der Waals surface area (Å²) in [5.74, 6) is 1.09. The Hall–Kier alpha value is -2.10. The van der Waals surface area contributed by atoms with Gasteiger partial charge in [0.25, 0.3) is 0 Å². The average molecular weight is 280 g/mol. The first-order valence-electron chi connectivity index (χ1n) is 7.70. The number of benzene rings is 1.